The van der Waals surface area contributed by atoms with Crippen molar-refractivity contribution in [3.05, 3.63) is 54.1 Å². The summed E-state index contributed by atoms with van der Waals surface area (Å²) in [5.74, 6) is 0. The normalized spacial score (nSPS) is 13.1. The maximum absolute atomic E-state index is 11.4. The summed E-state index contributed by atoms with van der Waals surface area (Å²) in [7, 11) is -3.17. The summed E-state index contributed by atoms with van der Waals surface area (Å²) in [5.41, 5.74) is 0.900. The molecule has 0 bridgehead atoms. The van der Waals surface area contributed by atoms with E-state index < -0.39 is 15.9 Å². The van der Waals surface area contributed by atoms with Gasteiger partial charge in [0, 0.05) is 16.0 Å². The molecule has 2 rings (SSSR count). The van der Waals surface area contributed by atoms with Crippen molar-refractivity contribution in [2.75, 3.05) is 6.26 Å². The van der Waals surface area contributed by atoms with Gasteiger partial charge in [-0.25, -0.2) is 8.42 Å². The molecule has 2 aromatic carbocycles. The fourth-order valence-electron chi connectivity index (χ4n) is 1.95. The van der Waals surface area contributed by atoms with Gasteiger partial charge in [0.15, 0.2) is 9.84 Å². The maximum atomic E-state index is 11.4. The van der Waals surface area contributed by atoms with Gasteiger partial charge in [-0.15, -0.1) is 0 Å². The lowest BCUT2D eigenvalue weighted by Gasteiger charge is -2.13. The third-order valence-electron chi connectivity index (χ3n) is 3.14. The Morgan fingerprint density at radius 2 is 1.71 bits per heavy atom. The van der Waals surface area contributed by atoms with Gasteiger partial charge in [0.05, 0.1) is 11.0 Å². The van der Waals surface area contributed by atoms with Gasteiger partial charge in [-0.1, -0.05) is 36.9 Å². The van der Waals surface area contributed by atoms with E-state index in [4.69, 9.17) is 0 Å². The lowest BCUT2D eigenvalue weighted by molar-refractivity contribution is 0.171. The Morgan fingerprint density at radius 1 is 1.10 bits per heavy atom. The molecule has 0 spiro atoms. The van der Waals surface area contributed by atoms with Crippen LogP contribution in [0.15, 0.2) is 63.2 Å². The molecule has 0 fully saturated rings. The Balaban J connectivity index is 2.27. The first-order valence-electron chi connectivity index (χ1n) is 6.66. The summed E-state index contributed by atoms with van der Waals surface area (Å²) in [6.07, 6.45) is 1.37. The highest BCUT2D eigenvalue weighted by Gasteiger charge is 2.12. The minimum absolute atomic E-state index is 0.314. The van der Waals surface area contributed by atoms with Gasteiger partial charge < -0.3 is 5.11 Å². The minimum atomic E-state index is -3.17. The number of aliphatic hydroxyl groups is 1. The number of hydrogen-bond acceptors (Lipinski definition) is 4. The first-order valence-corrected chi connectivity index (χ1v) is 9.37. The average Bonchev–Trinajstić information content (AvgIpc) is 2.46. The molecule has 3 nitrogen and oxygen atoms in total. The average molecular weight is 322 g/mol. The Bertz CT molecular complexity index is 707. The highest BCUT2D eigenvalue weighted by atomic mass is 32.2. The van der Waals surface area contributed by atoms with Gasteiger partial charge in [0.25, 0.3) is 0 Å². The number of rotatable bonds is 5. The molecule has 1 atom stereocenters. The third kappa shape index (κ3) is 4.09. The van der Waals surface area contributed by atoms with Gasteiger partial charge in [-0.2, -0.15) is 0 Å². The number of aliphatic hydroxyl groups excluding tert-OH is 1. The molecular weight excluding hydrogens is 304 g/mol. The van der Waals surface area contributed by atoms with Gasteiger partial charge in [0.2, 0.25) is 0 Å². The van der Waals surface area contributed by atoms with Gasteiger partial charge in [0.1, 0.15) is 0 Å². The van der Waals surface area contributed by atoms with Crippen LogP contribution in [0.5, 0.6) is 0 Å². The van der Waals surface area contributed by atoms with Crippen molar-refractivity contribution in [1.82, 2.24) is 0 Å². The highest BCUT2D eigenvalue weighted by molar-refractivity contribution is 7.99. The SMILES string of the molecule is CC[C@H](O)c1ccccc1Sc1ccc(S(C)(=O)=O)cc1. The van der Waals surface area contributed by atoms with E-state index in [2.05, 4.69) is 0 Å². The summed E-state index contributed by atoms with van der Waals surface area (Å²) >= 11 is 1.52. The van der Waals surface area contributed by atoms with Crippen molar-refractivity contribution in [1.29, 1.82) is 0 Å². The van der Waals surface area contributed by atoms with E-state index in [9.17, 15) is 13.5 Å². The maximum Gasteiger partial charge on any atom is 0.175 e. The van der Waals surface area contributed by atoms with Crippen LogP contribution in [0.2, 0.25) is 0 Å². The van der Waals surface area contributed by atoms with Crippen molar-refractivity contribution in [3.8, 4) is 0 Å². The fourth-order valence-corrected chi connectivity index (χ4v) is 3.58. The van der Waals surface area contributed by atoms with E-state index in [0.717, 1.165) is 15.4 Å². The topological polar surface area (TPSA) is 54.4 Å². The standard InChI is InChI=1S/C16H18O3S2/c1-3-15(17)14-6-4-5-7-16(14)20-12-8-10-13(11-9-12)21(2,18)19/h4-11,15,17H,3H2,1-2H3/t15-/m0/s1. The lowest BCUT2D eigenvalue weighted by Crippen LogP contribution is -1.97. The van der Waals surface area contributed by atoms with E-state index in [1.54, 1.807) is 24.3 Å². The Kier molecular flexibility index (Phi) is 5.08. The molecule has 0 aliphatic carbocycles. The summed E-state index contributed by atoms with van der Waals surface area (Å²) in [5, 5.41) is 10.0. The van der Waals surface area contributed by atoms with Crippen LogP contribution in [0.3, 0.4) is 0 Å². The molecule has 0 heterocycles. The van der Waals surface area contributed by atoms with E-state index in [0.29, 0.717) is 11.3 Å². The molecule has 0 amide bonds. The predicted octanol–water partition coefficient (Wildman–Crippen LogP) is 3.68. The number of sulfone groups is 1. The lowest BCUT2D eigenvalue weighted by atomic mass is 10.1. The largest absolute Gasteiger partial charge is 0.388 e. The molecule has 21 heavy (non-hydrogen) atoms. The van der Waals surface area contributed by atoms with Crippen molar-refractivity contribution < 1.29 is 13.5 Å². The Labute approximate surface area is 129 Å². The van der Waals surface area contributed by atoms with Crippen LogP contribution in [0.1, 0.15) is 25.0 Å². The molecule has 0 aliphatic rings. The van der Waals surface area contributed by atoms with Crippen LogP contribution in [0.4, 0.5) is 0 Å². The molecule has 0 unspecified atom stereocenters. The van der Waals surface area contributed by atoms with Gasteiger partial charge >= 0.3 is 0 Å². The van der Waals surface area contributed by atoms with E-state index >= 15 is 0 Å². The van der Waals surface area contributed by atoms with E-state index in [-0.39, 0.29) is 0 Å². The van der Waals surface area contributed by atoms with Crippen molar-refractivity contribution in [3.63, 3.8) is 0 Å². The second-order valence-corrected chi connectivity index (χ2v) is 7.94. The molecule has 0 saturated heterocycles. The molecule has 0 aromatic heterocycles. The quantitative estimate of drug-likeness (QED) is 0.912. The zero-order valence-electron chi connectivity index (χ0n) is 12.0. The summed E-state index contributed by atoms with van der Waals surface area (Å²) in [4.78, 5) is 2.24. The number of benzene rings is 2. The third-order valence-corrected chi connectivity index (χ3v) is 5.37. The predicted molar refractivity (Wildman–Crippen MR) is 85.4 cm³/mol. The summed E-state index contributed by atoms with van der Waals surface area (Å²) < 4.78 is 22.9. The van der Waals surface area contributed by atoms with Gasteiger partial charge in [-0.3, -0.25) is 0 Å². The second-order valence-electron chi connectivity index (χ2n) is 4.81. The second kappa shape index (κ2) is 6.64. The molecular formula is C16H18O3S2. The van der Waals surface area contributed by atoms with Gasteiger partial charge in [-0.05, 0) is 42.3 Å². The van der Waals surface area contributed by atoms with E-state index in [1.165, 1.54) is 18.0 Å². The molecule has 0 radical (unpaired) electrons. The molecule has 1 N–H and O–H groups in total. The monoisotopic (exact) mass is 322 g/mol. The zero-order valence-corrected chi connectivity index (χ0v) is 13.6. The van der Waals surface area contributed by atoms with Crippen LogP contribution >= 0.6 is 11.8 Å². The molecule has 0 saturated carbocycles. The van der Waals surface area contributed by atoms with Crippen molar-refractivity contribution in [2.24, 2.45) is 0 Å². The molecule has 112 valence electrons. The smallest absolute Gasteiger partial charge is 0.175 e. The minimum Gasteiger partial charge on any atom is -0.388 e. The van der Waals surface area contributed by atoms with Crippen LogP contribution in [-0.2, 0) is 9.84 Å². The van der Waals surface area contributed by atoms with Crippen LogP contribution < -0.4 is 0 Å². The molecule has 2 aromatic rings. The van der Waals surface area contributed by atoms with Crippen LogP contribution in [-0.4, -0.2) is 19.8 Å². The Hall–Kier alpha value is -1.30. The molecule has 0 aliphatic heterocycles. The highest BCUT2D eigenvalue weighted by Crippen LogP contribution is 2.34. The van der Waals surface area contributed by atoms with E-state index in [1.807, 2.05) is 31.2 Å². The fraction of sp³-hybridized carbons (Fsp3) is 0.250. The first-order chi connectivity index (χ1) is 9.91. The Morgan fingerprint density at radius 3 is 2.29 bits per heavy atom. The summed E-state index contributed by atoms with van der Waals surface area (Å²) in [6, 6.07) is 14.5. The van der Waals surface area contributed by atoms with Crippen LogP contribution in [0.25, 0.3) is 0 Å². The summed E-state index contributed by atoms with van der Waals surface area (Å²) in [6.45, 7) is 1.94. The van der Waals surface area contributed by atoms with Crippen molar-refractivity contribution in [2.45, 2.75) is 34.1 Å². The van der Waals surface area contributed by atoms with Crippen molar-refractivity contribution >= 4 is 21.6 Å². The first kappa shape index (κ1) is 16.1. The number of hydrogen-bond donors (Lipinski definition) is 1. The van der Waals surface area contributed by atoms with Crippen LogP contribution in [0, 0.1) is 0 Å². The molecule has 5 heteroatoms. The zero-order chi connectivity index (χ0) is 15.5.